The SMILES string of the molecule is CCCCCCCCCCOC1[C@@H](COC(=O)CCCN(C)C)O[C@@H](OCCCCCCCCCC)[C@H]1OCCCCCCCCCC. The van der Waals surface area contributed by atoms with Gasteiger partial charge in [0.1, 0.15) is 24.9 Å². The third-order valence-corrected chi connectivity index (χ3v) is 9.56. The summed E-state index contributed by atoms with van der Waals surface area (Å²) in [5.74, 6) is -0.179. The standard InChI is InChI=1S/C41H81NO6/c1-6-9-12-15-18-21-24-27-33-44-39-37(36-47-38(43)31-30-32-42(4)5)48-41(46-35-29-26-23-20-17-14-11-8-3)40(39)45-34-28-25-22-19-16-13-10-7-2/h37,39-41H,6-36H2,1-5H3/t37-,39?,40+,41-/m1/s1. The van der Waals surface area contributed by atoms with Crippen LogP contribution in [0.25, 0.3) is 0 Å². The summed E-state index contributed by atoms with van der Waals surface area (Å²) in [6, 6.07) is 0. The summed E-state index contributed by atoms with van der Waals surface area (Å²) in [4.78, 5) is 14.7. The van der Waals surface area contributed by atoms with Gasteiger partial charge in [-0.2, -0.15) is 0 Å². The lowest BCUT2D eigenvalue weighted by molar-refractivity contribution is -0.184. The lowest BCUT2D eigenvalue weighted by Gasteiger charge is -2.25. The van der Waals surface area contributed by atoms with Gasteiger partial charge in [0, 0.05) is 26.2 Å². The molecule has 0 spiro atoms. The van der Waals surface area contributed by atoms with Crippen molar-refractivity contribution in [3.05, 3.63) is 0 Å². The van der Waals surface area contributed by atoms with E-state index in [0.717, 1.165) is 32.2 Å². The summed E-state index contributed by atoms with van der Waals surface area (Å²) in [7, 11) is 4.04. The third-order valence-electron chi connectivity index (χ3n) is 9.56. The number of esters is 1. The van der Waals surface area contributed by atoms with Gasteiger partial charge >= 0.3 is 5.97 Å². The van der Waals surface area contributed by atoms with Gasteiger partial charge in [0.15, 0.2) is 6.29 Å². The molecule has 4 atom stereocenters. The number of hydrogen-bond acceptors (Lipinski definition) is 7. The van der Waals surface area contributed by atoms with E-state index in [2.05, 4.69) is 25.7 Å². The summed E-state index contributed by atoms with van der Waals surface area (Å²) in [6.45, 7) is 9.84. The molecule has 1 unspecified atom stereocenters. The van der Waals surface area contributed by atoms with E-state index in [-0.39, 0.29) is 30.9 Å². The number of carbonyl (C=O) groups is 1. The molecule has 0 aromatic rings. The molecule has 7 heteroatoms. The lowest BCUT2D eigenvalue weighted by atomic mass is 10.1. The van der Waals surface area contributed by atoms with E-state index in [1.54, 1.807) is 0 Å². The molecule has 0 bridgehead atoms. The van der Waals surface area contributed by atoms with Gasteiger partial charge in [0.25, 0.3) is 0 Å². The number of nitrogens with zero attached hydrogens (tertiary/aromatic N) is 1. The van der Waals surface area contributed by atoms with Crippen LogP contribution in [0.15, 0.2) is 0 Å². The average molecular weight is 684 g/mol. The highest BCUT2D eigenvalue weighted by molar-refractivity contribution is 5.69. The molecule has 0 radical (unpaired) electrons. The number of carbonyl (C=O) groups excluding carboxylic acids is 1. The quantitative estimate of drug-likeness (QED) is 0.0481. The second-order valence-corrected chi connectivity index (χ2v) is 14.6. The van der Waals surface area contributed by atoms with Crippen molar-refractivity contribution in [2.24, 2.45) is 0 Å². The maximum atomic E-state index is 12.6. The van der Waals surface area contributed by atoms with Gasteiger partial charge in [0.05, 0.1) is 0 Å². The lowest BCUT2D eigenvalue weighted by Crippen LogP contribution is -2.40. The van der Waals surface area contributed by atoms with Crippen LogP contribution in [0.2, 0.25) is 0 Å². The molecule has 0 saturated carbocycles. The topological polar surface area (TPSA) is 66.5 Å². The molecular weight excluding hydrogens is 602 g/mol. The molecule has 1 aliphatic heterocycles. The predicted octanol–water partition coefficient (Wildman–Crippen LogP) is 10.8. The van der Waals surface area contributed by atoms with E-state index in [9.17, 15) is 4.79 Å². The van der Waals surface area contributed by atoms with Crippen molar-refractivity contribution in [3.63, 3.8) is 0 Å². The Labute approximate surface area is 298 Å². The zero-order valence-electron chi connectivity index (χ0n) is 32.6. The van der Waals surface area contributed by atoms with Gasteiger partial charge in [-0.3, -0.25) is 4.79 Å². The van der Waals surface area contributed by atoms with Crippen LogP contribution in [-0.4, -0.2) is 82.5 Å². The molecule has 0 amide bonds. The summed E-state index contributed by atoms with van der Waals surface area (Å²) >= 11 is 0. The Kier molecular flexibility index (Phi) is 31.5. The molecule has 7 nitrogen and oxygen atoms in total. The summed E-state index contributed by atoms with van der Waals surface area (Å²) in [5, 5.41) is 0. The van der Waals surface area contributed by atoms with Crippen molar-refractivity contribution < 1.29 is 28.5 Å². The van der Waals surface area contributed by atoms with Crippen LogP contribution in [-0.2, 0) is 28.5 Å². The zero-order chi connectivity index (χ0) is 34.9. The fourth-order valence-electron chi connectivity index (χ4n) is 6.47. The molecule has 0 aromatic carbocycles. The van der Waals surface area contributed by atoms with Crippen molar-refractivity contribution in [1.29, 1.82) is 0 Å². The van der Waals surface area contributed by atoms with E-state index in [1.807, 2.05) is 14.1 Å². The maximum absolute atomic E-state index is 12.6. The van der Waals surface area contributed by atoms with Gasteiger partial charge in [-0.15, -0.1) is 0 Å². The number of unbranched alkanes of at least 4 members (excludes halogenated alkanes) is 21. The van der Waals surface area contributed by atoms with Crippen LogP contribution >= 0.6 is 0 Å². The van der Waals surface area contributed by atoms with Crippen molar-refractivity contribution in [2.75, 3.05) is 47.1 Å². The van der Waals surface area contributed by atoms with Gasteiger partial charge in [-0.1, -0.05) is 156 Å². The van der Waals surface area contributed by atoms with E-state index in [1.165, 1.54) is 135 Å². The first-order valence-corrected chi connectivity index (χ1v) is 20.8. The predicted molar refractivity (Wildman–Crippen MR) is 201 cm³/mol. The Balaban J connectivity index is 2.72. The molecule has 1 heterocycles. The second kappa shape index (κ2) is 33.4. The van der Waals surface area contributed by atoms with Crippen LogP contribution in [0.3, 0.4) is 0 Å². The fourth-order valence-corrected chi connectivity index (χ4v) is 6.47. The van der Waals surface area contributed by atoms with Gasteiger partial charge in [-0.05, 0) is 46.3 Å². The van der Waals surface area contributed by atoms with Crippen LogP contribution in [0.4, 0.5) is 0 Å². The highest BCUT2D eigenvalue weighted by Crippen LogP contribution is 2.29. The van der Waals surface area contributed by atoms with Crippen molar-refractivity contribution in [1.82, 2.24) is 4.90 Å². The molecule has 1 fully saturated rings. The largest absolute Gasteiger partial charge is 0.463 e. The molecule has 48 heavy (non-hydrogen) atoms. The Hall–Kier alpha value is -0.730. The number of hydrogen-bond donors (Lipinski definition) is 0. The van der Waals surface area contributed by atoms with Crippen LogP contribution in [0.5, 0.6) is 0 Å². The molecule has 1 aliphatic rings. The van der Waals surface area contributed by atoms with Crippen LogP contribution in [0.1, 0.15) is 188 Å². The second-order valence-electron chi connectivity index (χ2n) is 14.6. The van der Waals surface area contributed by atoms with E-state index in [0.29, 0.717) is 26.2 Å². The van der Waals surface area contributed by atoms with E-state index in [4.69, 9.17) is 23.7 Å². The zero-order valence-corrected chi connectivity index (χ0v) is 32.6. The van der Waals surface area contributed by atoms with Gasteiger partial charge in [-0.25, -0.2) is 0 Å². The minimum absolute atomic E-state index is 0.179. The van der Waals surface area contributed by atoms with Crippen LogP contribution in [0, 0.1) is 0 Å². The van der Waals surface area contributed by atoms with E-state index >= 15 is 0 Å². The highest BCUT2D eigenvalue weighted by atomic mass is 16.7. The fraction of sp³-hybridized carbons (Fsp3) is 0.976. The Bertz CT molecular complexity index is 692. The number of rotatable bonds is 36. The smallest absolute Gasteiger partial charge is 0.305 e. The minimum Gasteiger partial charge on any atom is -0.463 e. The molecule has 1 rings (SSSR count). The Morgan fingerprint density at radius 2 is 0.917 bits per heavy atom. The van der Waals surface area contributed by atoms with Crippen molar-refractivity contribution in [3.8, 4) is 0 Å². The molecular formula is C41H81NO6. The normalized spacial score (nSPS) is 19.5. The molecule has 0 aromatic heterocycles. The molecule has 286 valence electrons. The number of ether oxygens (including phenoxy) is 5. The van der Waals surface area contributed by atoms with Gasteiger partial charge in [0.2, 0.25) is 0 Å². The average Bonchev–Trinajstić information content (AvgIpc) is 3.40. The Morgan fingerprint density at radius 3 is 1.35 bits per heavy atom. The third kappa shape index (κ3) is 25.3. The summed E-state index contributed by atoms with van der Waals surface area (Å²) < 4.78 is 31.7. The summed E-state index contributed by atoms with van der Waals surface area (Å²) in [6.07, 6.45) is 30.0. The monoisotopic (exact) mass is 684 g/mol. The van der Waals surface area contributed by atoms with Crippen LogP contribution < -0.4 is 0 Å². The van der Waals surface area contributed by atoms with Crippen molar-refractivity contribution >= 4 is 5.97 Å². The van der Waals surface area contributed by atoms with E-state index < -0.39 is 6.29 Å². The first kappa shape index (κ1) is 45.3. The first-order chi connectivity index (χ1) is 23.5. The Morgan fingerprint density at radius 1 is 0.521 bits per heavy atom. The van der Waals surface area contributed by atoms with Gasteiger partial charge < -0.3 is 28.6 Å². The van der Waals surface area contributed by atoms with Crippen molar-refractivity contribution in [2.45, 2.75) is 212 Å². The molecule has 0 aliphatic carbocycles. The molecule has 1 saturated heterocycles. The molecule has 0 N–H and O–H groups in total. The summed E-state index contributed by atoms with van der Waals surface area (Å²) in [5.41, 5.74) is 0. The maximum Gasteiger partial charge on any atom is 0.305 e. The minimum atomic E-state index is -0.496. The first-order valence-electron chi connectivity index (χ1n) is 20.8. The highest BCUT2D eigenvalue weighted by Gasteiger charge is 2.47.